The third kappa shape index (κ3) is 2.82. The van der Waals surface area contributed by atoms with Crippen LogP contribution in [0.3, 0.4) is 0 Å². The zero-order chi connectivity index (χ0) is 13.3. The molecule has 0 unspecified atom stereocenters. The van der Waals surface area contributed by atoms with Gasteiger partial charge in [-0.3, -0.25) is 4.79 Å². The van der Waals surface area contributed by atoms with Crippen LogP contribution in [0, 0.1) is 5.92 Å². The van der Waals surface area contributed by atoms with Crippen molar-refractivity contribution in [1.29, 1.82) is 0 Å². The van der Waals surface area contributed by atoms with Crippen molar-refractivity contribution in [2.24, 2.45) is 5.92 Å². The van der Waals surface area contributed by atoms with Gasteiger partial charge in [0.15, 0.2) is 0 Å². The summed E-state index contributed by atoms with van der Waals surface area (Å²) in [5, 5.41) is 9.18. The van der Waals surface area contributed by atoms with Crippen molar-refractivity contribution >= 4 is 23.5 Å². The average Bonchev–Trinajstić information content (AvgIpc) is 3.14. The molecule has 1 aromatic rings. The van der Waals surface area contributed by atoms with E-state index in [0.717, 1.165) is 18.4 Å². The average molecular weight is 268 g/mol. The number of amides is 1. The van der Waals surface area contributed by atoms with Crippen molar-refractivity contribution in [1.82, 2.24) is 4.90 Å². The van der Waals surface area contributed by atoms with E-state index in [2.05, 4.69) is 0 Å². The van der Waals surface area contributed by atoms with Crippen LogP contribution in [0.1, 0.15) is 28.8 Å². The largest absolute Gasteiger partial charge is 0.478 e. The zero-order valence-electron chi connectivity index (χ0n) is 10.0. The highest BCUT2D eigenvalue weighted by atomic mass is 35.5. The van der Waals surface area contributed by atoms with E-state index in [4.69, 9.17) is 16.7 Å². The van der Waals surface area contributed by atoms with Gasteiger partial charge in [0, 0.05) is 19.5 Å². The Morgan fingerprint density at radius 2 is 2.11 bits per heavy atom. The van der Waals surface area contributed by atoms with Gasteiger partial charge in [0.1, 0.15) is 0 Å². The molecule has 0 radical (unpaired) electrons. The van der Waals surface area contributed by atoms with E-state index in [1.807, 2.05) is 0 Å². The molecule has 18 heavy (non-hydrogen) atoms. The van der Waals surface area contributed by atoms with Crippen LogP contribution in [0.25, 0.3) is 0 Å². The molecule has 96 valence electrons. The van der Waals surface area contributed by atoms with E-state index in [9.17, 15) is 9.59 Å². The maximum atomic E-state index is 11.8. The number of rotatable bonds is 4. The summed E-state index contributed by atoms with van der Waals surface area (Å²) in [5.41, 5.74) is 0.842. The molecular formula is C13H14ClNO3. The first-order chi connectivity index (χ1) is 8.49. The number of carboxylic acid groups (broad SMARTS) is 1. The number of hydrogen-bond donors (Lipinski definition) is 1. The Hall–Kier alpha value is -1.55. The Morgan fingerprint density at radius 1 is 1.44 bits per heavy atom. The molecule has 5 heteroatoms. The second-order valence-corrected chi connectivity index (χ2v) is 5.00. The lowest BCUT2D eigenvalue weighted by Gasteiger charge is -2.17. The summed E-state index contributed by atoms with van der Waals surface area (Å²) >= 11 is 5.79. The van der Waals surface area contributed by atoms with E-state index in [0.29, 0.717) is 6.54 Å². The topological polar surface area (TPSA) is 57.6 Å². The number of halogens is 1. The Kier molecular flexibility index (Phi) is 3.57. The van der Waals surface area contributed by atoms with Gasteiger partial charge in [-0.1, -0.05) is 17.7 Å². The van der Waals surface area contributed by atoms with Crippen molar-refractivity contribution in [3.05, 3.63) is 34.3 Å². The monoisotopic (exact) mass is 267 g/mol. The highest BCUT2D eigenvalue weighted by Crippen LogP contribution is 2.31. The number of benzene rings is 1. The summed E-state index contributed by atoms with van der Waals surface area (Å²) in [7, 11) is 1.73. The van der Waals surface area contributed by atoms with Crippen LogP contribution in [0.4, 0.5) is 0 Å². The lowest BCUT2D eigenvalue weighted by atomic mass is 10.1. The molecule has 0 aromatic heterocycles. The third-order valence-corrected chi connectivity index (χ3v) is 3.31. The molecule has 1 fully saturated rings. The van der Waals surface area contributed by atoms with E-state index in [-0.39, 0.29) is 22.4 Å². The normalized spacial score (nSPS) is 14.3. The van der Waals surface area contributed by atoms with Gasteiger partial charge in [0.25, 0.3) is 0 Å². The van der Waals surface area contributed by atoms with E-state index in [1.165, 1.54) is 6.07 Å². The van der Waals surface area contributed by atoms with Crippen molar-refractivity contribution in [3.63, 3.8) is 0 Å². The molecule has 1 N–H and O–H groups in total. The molecule has 0 atom stereocenters. The lowest BCUT2D eigenvalue weighted by molar-refractivity contribution is -0.131. The summed E-state index contributed by atoms with van der Waals surface area (Å²) in [6.07, 6.45) is 1.92. The van der Waals surface area contributed by atoms with Gasteiger partial charge in [0.2, 0.25) is 5.91 Å². The number of carboxylic acids is 1. The molecule has 1 saturated carbocycles. The number of carbonyl (C=O) groups is 2. The molecule has 0 bridgehead atoms. The standard InChI is InChI=1S/C13H14ClNO3/c1-15(12(16)9-3-4-9)7-8-2-5-11(14)10(6-8)13(17)18/h2,5-6,9H,3-4,7H2,1H3,(H,17,18). The number of hydrogen-bond acceptors (Lipinski definition) is 2. The van der Waals surface area contributed by atoms with E-state index < -0.39 is 5.97 Å². The van der Waals surface area contributed by atoms with Crippen LogP contribution in [-0.4, -0.2) is 28.9 Å². The molecule has 0 saturated heterocycles. The number of nitrogens with zero attached hydrogens (tertiary/aromatic N) is 1. The fraction of sp³-hybridized carbons (Fsp3) is 0.385. The first-order valence-electron chi connectivity index (χ1n) is 5.75. The van der Waals surface area contributed by atoms with E-state index in [1.54, 1.807) is 24.1 Å². The quantitative estimate of drug-likeness (QED) is 0.911. The van der Waals surface area contributed by atoms with E-state index >= 15 is 0 Å². The van der Waals surface area contributed by atoms with Crippen LogP contribution < -0.4 is 0 Å². The third-order valence-electron chi connectivity index (χ3n) is 2.98. The molecule has 1 amide bonds. The van der Waals surface area contributed by atoms with Crippen LogP contribution in [0.5, 0.6) is 0 Å². The van der Waals surface area contributed by atoms with Crippen LogP contribution in [0.2, 0.25) is 5.02 Å². The van der Waals surface area contributed by atoms with Gasteiger partial charge < -0.3 is 10.0 Å². The second-order valence-electron chi connectivity index (χ2n) is 4.59. The van der Waals surface area contributed by atoms with Gasteiger partial charge in [-0.15, -0.1) is 0 Å². The maximum Gasteiger partial charge on any atom is 0.337 e. The van der Waals surface area contributed by atoms with Crippen LogP contribution in [-0.2, 0) is 11.3 Å². The lowest BCUT2D eigenvalue weighted by Crippen LogP contribution is -2.27. The Balaban J connectivity index is 2.11. The van der Waals surface area contributed by atoms with Crippen molar-refractivity contribution in [2.75, 3.05) is 7.05 Å². The number of carbonyl (C=O) groups excluding carboxylic acids is 1. The van der Waals surface area contributed by atoms with Crippen molar-refractivity contribution in [3.8, 4) is 0 Å². The van der Waals surface area contributed by atoms with Gasteiger partial charge in [0.05, 0.1) is 10.6 Å². The van der Waals surface area contributed by atoms with Gasteiger partial charge in [-0.2, -0.15) is 0 Å². The molecule has 1 aromatic carbocycles. The van der Waals surface area contributed by atoms with Crippen LogP contribution in [0.15, 0.2) is 18.2 Å². The summed E-state index contributed by atoms with van der Waals surface area (Å²) in [4.78, 5) is 24.4. The SMILES string of the molecule is CN(Cc1ccc(Cl)c(C(=O)O)c1)C(=O)C1CC1. The zero-order valence-corrected chi connectivity index (χ0v) is 10.8. The minimum absolute atomic E-state index is 0.0708. The number of aromatic carboxylic acids is 1. The van der Waals surface area contributed by atoms with Crippen molar-refractivity contribution in [2.45, 2.75) is 19.4 Å². The molecular weight excluding hydrogens is 254 g/mol. The molecule has 0 spiro atoms. The van der Waals surface area contributed by atoms with Gasteiger partial charge in [-0.25, -0.2) is 4.79 Å². The first kappa shape index (κ1) is 12.9. The fourth-order valence-electron chi connectivity index (χ4n) is 1.83. The summed E-state index contributed by atoms with van der Waals surface area (Å²) in [5.74, 6) is -0.763. The molecule has 4 nitrogen and oxygen atoms in total. The highest BCUT2D eigenvalue weighted by Gasteiger charge is 2.31. The molecule has 0 aliphatic heterocycles. The molecule has 1 aliphatic carbocycles. The molecule has 0 heterocycles. The van der Waals surface area contributed by atoms with Gasteiger partial charge >= 0.3 is 5.97 Å². The fourth-order valence-corrected chi connectivity index (χ4v) is 2.03. The summed E-state index contributed by atoms with van der Waals surface area (Å²) in [6.45, 7) is 0.410. The summed E-state index contributed by atoms with van der Waals surface area (Å²) < 4.78 is 0. The molecule has 2 rings (SSSR count). The maximum absolute atomic E-state index is 11.8. The van der Waals surface area contributed by atoms with Gasteiger partial charge in [-0.05, 0) is 30.5 Å². The predicted molar refractivity (Wildman–Crippen MR) is 67.6 cm³/mol. The Morgan fingerprint density at radius 3 is 2.67 bits per heavy atom. The highest BCUT2D eigenvalue weighted by molar-refractivity contribution is 6.33. The Bertz CT molecular complexity index is 497. The minimum Gasteiger partial charge on any atom is -0.478 e. The minimum atomic E-state index is -1.06. The second kappa shape index (κ2) is 4.98. The predicted octanol–water partition coefficient (Wildman–Crippen LogP) is 2.41. The van der Waals surface area contributed by atoms with Crippen molar-refractivity contribution < 1.29 is 14.7 Å². The van der Waals surface area contributed by atoms with Crippen LogP contribution >= 0.6 is 11.6 Å². The Labute approximate surface area is 110 Å². The smallest absolute Gasteiger partial charge is 0.337 e. The first-order valence-corrected chi connectivity index (χ1v) is 6.13. The summed E-state index contributed by atoms with van der Waals surface area (Å²) in [6, 6.07) is 4.81. The molecule has 1 aliphatic rings.